The van der Waals surface area contributed by atoms with E-state index in [1.54, 1.807) is 0 Å². The lowest BCUT2D eigenvalue weighted by atomic mass is 10.1. The third-order valence-corrected chi connectivity index (χ3v) is 8.06. The van der Waals surface area contributed by atoms with Crippen molar-refractivity contribution < 1.29 is 4.79 Å². The van der Waals surface area contributed by atoms with Crippen molar-refractivity contribution in [3.63, 3.8) is 0 Å². The summed E-state index contributed by atoms with van der Waals surface area (Å²) in [5.41, 5.74) is 1.63. The summed E-state index contributed by atoms with van der Waals surface area (Å²) in [5, 5.41) is 1.41. The number of hydrogen-bond donors (Lipinski definition) is 0. The summed E-state index contributed by atoms with van der Waals surface area (Å²) >= 11 is 0. The molecule has 2 heteroatoms. The van der Waals surface area contributed by atoms with Crippen LogP contribution in [0.1, 0.15) is 17.5 Å². The first-order chi connectivity index (χ1) is 9.16. The van der Waals surface area contributed by atoms with E-state index in [0.29, 0.717) is 12.0 Å². The maximum absolute atomic E-state index is 11.1. The molecule has 0 aromatic heterocycles. The minimum absolute atomic E-state index is 0.341. The van der Waals surface area contributed by atoms with Gasteiger partial charge in [0.25, 0.3) is 0 Å². The molecule has 1 atom stereocenters. The Balaban J connectivity index is 2.41. The lowest BCUT2D eigenvalue weighted by Gasteiger charge is -2.32. The molecule has 0 radical (unpaired) electrons. The summed E-state index contributed by atoms with van der Waals surface area (Å²) in [5.74, 6) is 0. The highest BCUT2D eigenvalue weighted by Crippen LogP contribution is 2.29. The van der Waals surface area contributed by atoms with Crippen LogP contribution in [0.5, 0.6) is 0 Å². The first kappa shape index (κ1) is 13.8. The Morgan fingerprint density at radius 3 is 2.00 bits per heavy atom. The van der Waals surface area contributed by atoms with Crippen LogP contribution in [0, 0.1) is 0 Å². The molecular weight excluding hydrogens is 248 g/mol. The molecule has 0 amide bonds. The van der Waals surface area contributed by atoms with Gasteiger partial charge in [-0.05, 0) is 11.1 Å². The van der Waals surface area contributed by atoms with Gasteiger partial charge in [0, 0.05) is 6.42 Å². The smallest absolute Gasteiger partial charge is 0.120 e. The molecule has 0 aliphatic carbocycles. The number of benzene rings is 2. The Morgan fingerprint density at radius 1 is 0.947 bits per heavy atom. The zero-order chi connectivity index (χ0) is 13.7. The van der Waals surface area contributed by atoms with Gasteiger partial charge in [0.15, 0.2) is 0 Å². The second kappa shape index (κ2) is 5.98. The normalized spacial score (nSPS) is 12.9. The average Bonchev–Trinajstić information content (AvgIpc) is 2.46. The SMILES string of the molecule is C[Si](C)(c1ccccc1)C(CC=O)c1ccccc1. The molecule has 0 saturated heterocycles. The van der Waals surface area contributed by atoms with Gasteiger partial charge in [0.2, 0.25) is 0 Å². The van der Waals surface area contributed by atoms with Crippen molar-refractivity contribution in [3.8, 4) is 0 Å². The topological polar surface area (TPSA) is 17.1 Å². The predicted octanol–water partition coefficient (Wildman–Crippen LogP) is 3.51. The van der Waals surface area contributed by atoms with Crippen LogP contribution in [0.3, 0.4) is 0 Å². The Bertz CT molecular complexity index is 519. The lowest BCUT2D eigenvalue weighted by molar-refractivity contribution is -0.107. The van der Waals surface area contributed by atoms with Crippen LogP contribution in [0.15, 0.2) is 60.7 Å². The maximum Gasteiger partial charge on any atom is 0.120 e. The minimum atomic E-state index is -1.70. The van der Waals surface area contributed by atoms with E-state index in [-0.39, 0.29) is 0 Å². The molecule has 0 spiro atoms. The number of aldehydes is 1. The Hall–Kier alpha value is -1.67. The molecule has 0 aliphatic heterocycles. The predicted molar refractivity (Wildman–Crippen MR) is 83.4 cm³/mol. The van der Waals surface area contributed by atoms with Crippen LogP contribution in [0.2, 0.25) is 13.1 Å². The van der Waals surface area contributed by atoms with E-state index in [4.69, 9.17) is 0 Å². The van der Waals surface area contributed by atoms with Crippen molar-refractivity contribution in [2.75, 3.05) is 0 Å². The first-order valence-corrected chi connectivity index (χ1v) is 9.78. The fraction of sp³-hybridized carbons (Fsp3) is 0.235. The van der Waals surface area contributed by atoms with Crippen molar-refractivity contribution in [1.29, 1.82) is 0 Å². The number of carbonyl (C=O) groups is 1. The highest BCUT2D eigenvalue weighted by Gasteiger charge is 2.34. The second-order valence-electron chi connectivity index (χ2n) is 5.45. The fourth-order valence-corrected chi connectivity index (χ4v) is 5.86. The second-order valence-corrected chi connectivity index (χ2v) is 10.2. The number of carbonyl (C=O) groups excluding carboxylic acids is 1. The molecule has 1 nitrogen and oxygen atoms in total. The van der Waals surface area contributed by atoms with Crippen LogP contribution in [-0.2, 0) is 4.79 Å². The molecule has 19 heavy (non-hydrogen) atoms. The van der Waals surface area contributed by atoms with E-state index < -0.39 is 8.07 Å². The Morgan fingerprint density at radius 2 is 1.47 bits per heavy atom. The van der Waals surface area contributed by atoms with Crippen molar-refractivity contribution in [2.45, 2.75) is 25.1 Å². The third kappa shape index (κ3) is 3.02. The van der Waals surface area contributed by atoms with Gasteiger partial charge < -0.3 is 4.79 Å². The van der Waals surface area contributed by atoms with Crippen molar-refractivity contribution in [1.82, 2.24) is 0 Å². The zero-order valence-corrected chi connectivity index (χ0v) is 12.5. The van der Waals surface area contributed by atoms with Crippen molar-refractivity contribution >= 4 is 19.5 Å². The molecular formula is C17H20OSi. The molecule has 0 bridgehead atoms. The summed E-state index contributed by atoms with van der Waals surface area (Å²) in [7, 11) is -1.70. The van der Waals surface area contributed by atoms with Crippen LogP contribution in [-0.4, -0.2) is 14.4 Å². The quantitative estimate of drug-likeness (QED) is 0.599. The van der Waals surface area contributed by atoms with Crippen LogP contribution in [0.4, 0.5) is 0 Å². The summed E-state index contributed by atoms with van der Waals surface area (Å²) in [4.78, 5) is 11.1. The van der Waals surface area contributed by atoms with Gasteiger partial charge >= 0.3 is 0 Å². The van der Waals surface area contributed by atoms with Crippen LogP contribution < -0.4 is 5.19 Å². The van der Waals surface area contributed by atoms with E-state index in [1.807, 2.05) is 12.1 Å². The summed E-state index contributed by atoms with van der Waals surface area (Å²) in [6.07, 6.45) is 1.67. The summed E-state index contributed by atoms with van der Waals surface area (Å²) in [6, 6.07) is 21.1. The molecule has 1 unspecified atom stereocenters. The van der Waals surface area contributed by atoms with Gasteiger partial charge in [-0.3, -0.25) is 0 Å². The highest BCUT2D eigenvalue weighted by molar-refractivity contribution is 6.91. The van der Waals surface area contributed by atoms with E-state index in [9.17, 15) is 4.79 Å². The van der Waals surface area contributed by atoms with Crippen molar-refractivity contribution in [3.05, 3.63) is 66.2 Å². The van der Waals surface area contributed by atoms with Gasteiger partial charge in [-0.1, -0.05) is 78.9 Å². The standard InChI is InChI=1S/C17H20OSi/c1-19(2,16-11-7-4-8-12-16)17(13-14-18)15-9-5-3-6-10-15/h3-12,14,17H,13H2,1-2H3. The molecule has 0 heterocycles. The van der Waals surface area contributed by atoms with Gasteiger partial charge in [-0.2, -0.15) is 0 Å². The third-order valence-electron chi connectivity index (χ3n) is 3.92. The molecule has 0 fully saturated rings. The van der Waals surface area contributed by atoms with E-state index >= 15 is 0 Å². The van der Waals surface area contributed by atoms with Gasteiger partial charge in [0.1, 0.15) is 6.29 Å². The number of rotatable bonds is 5. The fourth-order valence-electron chi connectivity index (χ4n) is 2.70. The van der Waals surface area contributed by atoms with Gasteiger partial charge in [-0.15, -0.1) is 0 Å². The highest BCUT2D eigenvalue weighted by atomic mass is 28.3. The minimum Gasteiger partial charge on any atom is -0.303 e. The van der Waals surface area contributed by atoms with Crippen LogP contribution in [0.25, 0.3) is 0 Å². The van der Waals surface area contributed by atoms with E-state index in [1.165, 1.54) is 10.8 Å². The summed E-state index contributed by atoms with van der Waals surface area (Å²) in [6.45, 7) is 4.70. The first-order valence-electron chi connectivity index (χ1n) is 6.70. The van der Waals surface area contributed by atoms with Crippen LogP contribution >= 0.6 is 0 Å². The zero-order valence-electron chi connectivity index (χ0n) is 11.5. The largest absolute Gasteiger partial charge is 0.303 e. The maximum atomic E-state index is 11.1. The molecule has 2 aromatic rings. The molecule has 0 saturated carbocycles. The molecule has 98 valence electrons. The van der Waals surface area contributed by atoms with Gasteiger partial charge in [0.05, 0.1) is 8.07 Å². The monoisotopic (exact) mass is 268 g/mol. The van der Waals surface area contributed by atoms with Gasteiger partial charge in [-0.25, -0.2) is 0 Å². The average molecular weight is 268 g/mol. The molecule has 0 N–H and O–H groups in total. The number of hydrogen-bond acceptors (Lipinski definition) is 1. The summed E-state index contributed by atoms with van der Waals surface area (Å²) < 4.78 is 0. The lowest BCUT2D eigenvalue weighted by Crippen LogP contribution is -2.47. The Labute approximate surface area is 116 Å². The Kier molecular flexibility index (Phi) is 4.33. The molecule has 2 aromatic carbocycles. The van der Waals surface area contributed by atoms with E-state index in [0.717, 1.165) is 6.29 Å². The molecule has 0 aliphatic rings. The van der Waals surface area contributed by atoms with Crippen molar-refractivity contribution in [2.24, 2.45) is 0 Å². The molecule has 2 rings (SSSR count). The van der Waals surface area contributed by atoms with E-state index in [2.05, 4.69) is 61.6 Å².